The predicted octanol–water partition coefficient (Wildman–Crippen LogP) is 4.13. The Labute approximate surface area is 132 Å². The number of benzene rings is 2. The summed E-state index contributed by atoms with van der Waals surface area (Å²) in [6.45, 7) is 6.21. The summed E-state index contributed by atoms with van der Waals surface area (Å²) in [5, 5.41) is 3.13. The second-order valence-corrected chi connectivity index (χ2v) is 5.83. The van der Waals surface area contributed by atoms with Crippen LogP contribution in [0.2, 0.25) is 0 Å². The first-order valence-corrected chi connectivity index (χ1v) is 7.52. The van der Waals surface area contributed by atoms with E-state index >= 15 is 0 Å². The molecule has 0 aliphatic heterocycles. The van der Waals surface area contributed by atoms with Crippen LogP contribution in [0.25, 0.3) is 0 Å². The van der Waals surface area contributed by atoms with Gasteiger partial charge in [0.2, 0.25) is 0 Å². The van der Waals surface area contributed by atoms with E-state index in [4.69, 9.17) is 4.74 Å². The van der Waals surface area contributed by atoms with Gasteiger partial charge in [0.1, 0.15) is 5.75 Å². The normalized spacial score (nSPS) is 12.0. The van der Waals surface area contributed by atoms with Crippen LogP contribution in [0.5, 0.6) is 5.75 Å². The number of amides is 1. The number of hydrogen-bond acceptors (Lipinski definition) is 2. The number of carbonyl (C=O) groups excluding carboxylic acids is 1. The fourth-order valence-corrected chi connectivity index (χ4v) is 2.38. The number of carbonyl (C=O) groups is 1. The molecule has 0 bridgehead atoms. The first-order valence-electron chi connectivity index (χ1n) is 7.52. The maximum absolute atomic E-state index is 12.4. The van der Waals surface area contributed by atoms with Crippen molar-refractivity contribution in [2.75, 3.05) is 7.11 Å². The smallest absolute Gasteiger partial charge is 0.251 e. The molecule has 0 aliphatic rings. The topological polar surface area (TPSA) is 38.3 Å². The second-order valence-electron chi connectivity index (χ2n) is 5.83. The Morgan fingerprint density at radius 2 is 1.59 bits per heavy atom. The van der Waals surface area contributed by atoms with Gasteiger partial charge in [-0.05, 0) is 42.7 Å². The minimum atomic E-state index is -0.0467. The molecular formula is C19H23NO2. The van der Waals surface area contributed by atoms with Gasteiger partial charge in [-0.15, -0.1) is 0 Å². The third-order valence-corrected chi connectivity index (χ3v) is 3.74. The zero-order valence-corrected chi connectivity index (χ0v) is 13.6. The van der Waals surface area contributed by atoms with Crippen molar-refractivity contribution in [1.82, 2.24) is 5.32 Å². The van der Waals surface area contributed by atoms with Crippen LogP contribution < -0.4 is 10.1 Å². The summed E-state index contributed by atoms with van der Waals surface area (Å²) in [6, 6.07) is 15.4. The molecule has 3 heteroatoms. The molecule has 1 atom stereocenters. The van der Waals surface area contributed by atoms with Crippen molar-refractivity contribution in [3.63, 3.8) is 0 Å². The van der Waals surface area contributed by atoms with Gasteiger partial charge < -0.3 is 10.1 Å². The molecule has 1 N–H and O–H groups in total. The predicted molar refractivity (Wildman–Crippen MR) is 89.2 cm³/mol. The Morgan fingerprint density at radius 1 is 1.00 bits per heavy atom. The van der Waals surface area contributed by atoms with E-state index < -0.39 is 0 Å². The molecule has 1 amide bonds. The van der Waals surface area contributed by atoms with Gasteiger partial charge in [-0.25, -0.2) is 0 Å². The van der Waals surface area contributed by atoms with E-state index in [1.54, 1.807) is 7.11 Å². The van der Waals surface area contributed by atoms with E-state index in [0.717, 1.165) is 16.9 Å². The van der Waals surface area contributed by atoms with Crippen LogP contribution in [-0.2, 0) is 0 Å². The van der Waals surface area contributed by atoms with Gasteiger partial charge in [-0.2, -0.15) is 0 Å². The van der Waals surface area contributed by atoms with E-state index in [1.165, 1.54) is 0 Å². The third kappa shape index (κ3) is 3.88. The van der Waals surface area contributed by atoms with Crippen LogP contribution in [0.15, 0.2) is 48.5 Å². The third-order valence-electron chi connectivity index (χ3n) is 3.74. The van der Waals surface area contributed by atoms with Crippen molar-refractivity contribution in [2.24, 2.45) is 5.92 Å². The highest BCUT2D eigenvalue weighted by molar-refractivity contribution is 5.94. The van der Waals surface area contributed by atoms with Gasteiger partial charge in [0.25, 0.3) is 5.91 Å². The van der Waals surface area contributed by atoms with Crippen molar-refractivity contribution in [3.05, 3.63) is 65.2 Å². The van der Waals surface area contributed by atoms with Gasteiger partial charge in [0, 0.05) is 5.56 Å². The lowest BCUT2D eigenvalue weighted by molar-refractivity contribution is 0.0925. The SMILES string of the molecule is COc1ccc([C@@H](NC(=O)c2ccc(C)cc2)C(C)C)cc1. The molecular weight excluding hydrogens is 274 g/mol. The summed E-state index contributed by atoms with van der Waals surface area (Å²) in [6.07, 6.45) is 0. The Balaban J connectivity index is 2.17. The molecule has 0 fully saturated rings. The van der Waals surface area contributed by atoms with Gasteiger partial charge in [-0.1, -0.05) is 43.7 Å². The summed E-state index contributed by atoms with van der Waals surface area (Å²) < 4.78 is 5.18. The number of ether oxygens (including phenoxy) is 1. The molecule has 0 aromatic heterocycles. The standard InChI is InChI=1S/C19H23NO2/c1-13(2)18(15-9-11-17(22-4)12-10-15)20-19(21)16-7-5-14(3)6-8-16/h5-13,18H,1-4H3,(H,20,21)/t18-/m0/s1. The Bertz CT molecular complexity index is 615. The van der Waals surface area contributed by atoms with E-state index in [-0.39, 0.29) is 11.9 Å². The molecule has 0 heterocycles. The molecule has 0 saturated heterocycles. The zero-order chi connectivity index (χ0) is 16.1. The van der Waals surface area contributed by atoms with Crippen molar-refractivity contribution < 1.29 is 9.53 Å². The first kappa shape index (κ1) is 16.1. The van der Waals surface area contributed by atoms with E-state index in [1.807, 2.05) is 55.5 Å². The number of methoxy groups -OCH3 is 1. The highest BCUT2D eigenvalue weighted by Crippen LogP contribution is 2.24. The first-order chi connectivity index (χ1) is 10.5. The van der Waals surface area contributed by atoms with Crippen molar-refractivity contribution >= 4 is 5.91 Å². The summed E-state index contributed by atoms with van der Waals surface area (Å²) in [5.74, 6) is 1.06. The molecule has 2 aromatic carbocycles. The molecule has 3 nitrogen and oxygen atoms in total. The second kappa shape index (κ2) is 7.12. The van der Waals surface area contributed by atoms with Crippen molar-refractivity contribution in [2.45, 2.75) is 26.8 Å². The molecule has 0 aliphatic carbocycles. The van der Waals surface area contributed by atoms with E-state index in [0.29, 0.717) is 11.5 Å². The Morgan fingerprint density at radius 3 is 2.09 bits per heavy atom. The molecule has 0 unspecified atom stereocenters. The number of hydrogen-bond donors (Lipinski definition) is 1. The van der Waals surface area contributed by atoms with Crippen LogP contribution in [-0.4, -0.2) is 13.0 Å². The van der Waals surface area contributed by atoms with Crippen LogP contribution >= 0.6 is 0 Å². The summed E-state index contributed by atoms with van der Waals surface area (Å²) >= 11 is 0. The summed E-state index contributed by atoms with van der Waals surface area (Å²) in [7, 11) is 1.65. The van der Waals surface area contributed by atoms with E-state index in [9.17, 15) is 4.79 Å². The monoisotopic (exact) mass is 297 g/mol. The van der Waals surface area contributed by atoms with Gasteiger partial charge in [-0.3, -0.25) is 4.79 Å². The largest absolute Gasteiger partial charge is 0.497 e. The minimum Gasteiger partial charge on any atom is -0.497 e. The summed E-state index contributed by atoms with van der Waals surface area (Å²) in [5.41, 5.74) is 2.91. The highest BCUT2D eigenvalue weighted by atomic mass is 16.5. The molecule has 2 rings (SSSR count). The average molecular weight is 297 g/mol. The van der Waals surface area contributed by atoms with Crippen LogP contribution in [0.4, 0.5) is 0 Å². The average Bonchev–Trinajstić information content (AvgIpc) is 2.53. The lowest BCUT2D eigenvalue weighted by Crippen LogP contribution is -2.31. The molecule has 0 saturated carbocycles. The lowest BCUT2D eigenvalue weighted by Gasteiger charge is -2.23. The quantitative estimate of drug-likeness (QED) is 0.901. The van der Waals surface area contributed by atoms with Crippen LogP contribution in [0.3, 0.4) is 0 Å². The summed E-state index contributed by atoms with van der Waals surface area (Å²) in [4.78, 5) is 12.4. The number of nitrogens with one attached hydrogen (secondary N) is 1. The number of rotatable bonds is 5. The fraction of sp³-hybridized carbons (Fsp3) is 0.316. The van der Waals surface area contributed by atoms with Crippen molar-refractivity contribution in [3.8, 4) is 5.75 Å². The molecule has 22 heavy (non-hydrogen) atoms. The fourth-order valence-electron chi connectivity index (χ4n) is 2.38. The zero-order valence-electron chi connectivity index (χ0n) is 13.6. The molecule has 0 spiro atoms. The Hall–Kier alpha value is -2.29. The molecule has 2 aromatic rings. The minimum absolute atomic E-state index is 0.0280. The highest BCUT2D eigenvalue weighted by Gasteiger charge is 2.19. The van der Waals surface area contributed by atoms with Gasteiger partial charge in [0.05, 0.1) is 13.2 Å². The van der Waals surface area contributed by atoms with Crippen LogP contribution in [0.1, 0.15) is 41.4 Å². The van der Waals surface area contributed by atoms with Gasteiger partial charge >= 0.3 is 0 Å². The maximum atomic E-state index is 12.4. The van der Waals surface area contributed by atoms with Crippen LogP contribution in [0, 0.1) is 12.8 Å². The lowest BCUT2D eigenvalue weighted by atomic mass is 9.95. The maximum Gasteiger partial charge on any atom is 0.251 e. The number of aryl methyl sites for hydroxylation is 1. The molecule has 0 radical (unpaired) electrons. The van der Waals surface area contributed by atoms with Crippen molar-refractivity contribution in [1.29, 1.82) is 0 Å². The Kier molecular flexibility index (Phi) is 5.21. The molecule has 116 valence electrons. The van der Waals surface area contributed by atoms with E-state index in [2.05, 4.69) is 19.2 Å². The van der Waals surface area contributed by atoms with Gasteiger partial charge in [0.15, 0.2) is 0 Å².